The van der Waals surface area contributed by atoms with Gasteiger partial charge in [0.1, 0.15) is 6.04 Å². The molecule has 1 aromatic heterocycles. The minimum absolute atomic E-state index is 0.0718. The van der Waals surface area contributed by atoms with Gasteiger partial charge in [0.05, 0.1) is 42.1 Å². The Labute approximate surface area is 361 Å². The van der Waals surface area contributed by atoms with Crippen LogP contribution in [0, 0.1) is 12.8 Å². The summed E-state index contributed by atoms with van der Waals surface area (Å²) in [5, 5.41) is 8.66. The number of aromatic nitrogens is 2. The molecular weight excluding hydrogens is 787 g/mol. The zero-order valence-electron chi connectivity index (χ0n) is 35.4. The minimum Gasteiger partial charge on any atom is -0.372 e. The predicted molar refractivity (Wildman–Crippen MR) is 233 cm³/mol. The van der Waals surface area contributed by atoms with Gasteiger partial charge in [-0.25, -0.2) is 14.8 Å². The molecule has 0 saturated carbocycles. The monoisotopic (exact) mass is 839 g/mol. The lowest BCUT2D eigenvalue weighted by atomic mass is 9.88. The lowest BCUT2D eigenvalue weighted by Crippen LogP contribution is -2.58. The molecule has 0 aliphatic carbocycles. The van der Waals surface area contributed by atoms with Crippen LogP contribution in [-0.2, 0) is 20.9 Å². The van der Waals surface area contributed by atoms with Gasteiger partial charge in [-0.1, -0.05) is 24.3 Å². The Morgan fingerprint density at radius 1 is 0.887 bits per heavy atom. The van der Waals surface area contributed by atoms with Gasteiger partial charge in [-0.15, -0.1) is 0 Å². The van der Waals surface area contributed by atoms with Crippen molar-refractivity contribution in [1.29, 1.82) is 0 Å². The third-order valence-corrected chi connectivity index (χ3v) is 12.8. The molecule has 0 spiro atoms. The number of imide groups is 2. The van der Waals surface area contributed by atoms with Crippen LogP contribution < -0.4 is 20.9 Å². The van der Waals surface area contributed by atoms with Gasteiger partial charge >= 0.3 is 6.03 Å². The zero-order chi connectivity index (χ0) is 43.1. The Kier molecular flexibility index (Phi) is 11.5. The van der Waals surface area contributed by atoms with E-state index in [0.29, 0.717) is 48.5 Å². The summed E-state index contributed by atoms with van der Waals surface area (Å²) in [7, 11) is 0. The van der Waals surface area contributed by atoms with Gasteiger partial charge in [-0.05, 0) is 118 Å². The Morgan fingerprint density at radius 3 is 2.37 bits per heavy atom. The molecule has 5 aliphatic heterocycles. The Balaban J connectivity index is 0.715. The van der Waals surface area contributed by atoms with Crippen molar-refractivity contribution in [3.8, 4) is 11.3 Å². The molecule has 1 atom stereocenters. The smallest absolute Gasteiger partial charge is 0.317 e. The standard InChI is InChI=1S/C47H53N9O6/c1-28(2)62-37-26-55(27-37)47(61)49-22-34-5-4-33(20-29(34)3)40-14-17-48-46(51-40)50-35-8-6-31(7-9-35)32-15-18-53(19-16-32)23-30-24-54(25-30)36-10-11-38-39(21-36)45(60)56(44(38)59)41-12-13-42(57)52-43(41)58/h4-11,14,17,20-21,28,30,32,37,41H,12-13,15-16,18-19,22-27H2,1-3H3,(H,49,61)(H,48,50,51)(H,52,57,58). The molecular formula is C47H53N9O6. The van der Waals surface area contributed by atoms with Crippen LogP contribution in [0.25, 0.3) is 11.3 Å². The fourth-order valence-corrected chi connectivity index (χ4v) is 9.32. The highest BCUT2D eigenvalue weighted by Gasteiger charge is 2.45. The van der Waals surface area contributed by atoms with Crippen LogP contribution in [0.5, 0.6) is 0 Å². The number of anilines is 3. The molecule has 5 aliphatic rings. The zero-order valence-corrected chi connectivity index (χ0v) is 35.4. The first-order valence-electron chi connectivity index (χ1n) is 21.8. The number of nitrogens with zero attached hydrogens (tertiary/aromatic N) is 6. The largest absolute Gasteiger partial charge is 0.372 e. The number of hydrogen-bond donors (Lipinski definition) is 3. The first-order chi connectivity index (χ1) is 29.9. The van der Waals surface area contributed by atoms with E-state index in [1.54, 1.807) is 23.2 Å². The van der Waals surface area contributed by atoms with Crippen LogP contribution in [-0.4, -0.2) is 118 Å². The molecule has 15 heteroatoms. The van der Waals surface area contributed by atoms with E-state index in [0.717, 1.165) is 84.2 Å². The summed E-state index contributed by atoms with van der Waals surface area (Å²) in [6, 6.07) is 21.0. The third kappa shape index (κ3) is 8.64. The maximum atomic E-state index is 13.3. The number of ether oxygens (including phenoxy) is 1. The molecule has 322 valence electrons. The highest BCUT2D eigenvalue weighted by atomic mass is 16.5. The summed E-state index contributed by atoms with van der Waals surface area (Å²) < 4.78 is 5.76. The molecule has 0 bridgehead atoms. The van der Waals surface area contributed by atoms with E-state index in [9.17, 15) is 24.0 Å². The molecule has 9 rings (SSSR count). The van der Waals surface area contributed by atoms with E-state index < -0.39 is 23.8 Å². The molecule has 6 heterocycles. The average molecular weight is 840 g/mol. The van der Waals surface area contributed by atoms with Gasteiger partial charge in [-0.2, -0.15) is 0 Å². The normalized spacial score (nSPS) is 20.0. The summed E-state index contributed by atoms with van der Waals surface area (Å²) in [5.74, 6) is -0.412. The summed E-state index contributed by atoms with van der Waals surface area (Å²) in [6.07, 6.45) is 4.47. The minimum atomic E-state index is -0.965. The molecule has 3 aromatic carbocycles. The van der Waals surface area contributed by atoms with Crippen molar-refractivity contribution < 1.29 is 28.7 Å². The number of benzene rings is 3. The van der Waals surface area contributed by atoms with Crippen molar-refractivity contribution >= 4 is 47.0 Å². The van der Waals surface area contributed by atoms with Crippen molar-refractivity contribution in [1.82, 2.24) is 35.3 Å². The van der Waals surface area contributed by atoms with E-state index in [4.69, 9.17) is 9.72 Å². The van der Waals surface area contributed by atoms with Gasteiger partial charge in [0.25, 0.3) is 11.8 Å². The summed E-state index contributed by atoms with van der Waals surface area (Å²) in [4.78, 5) is 79.9. The topological polar surface area (TPSA) is 169 Å². The van der Waals surface area contributed by atoms with Crippen LogP contribution in [0.2, 0.25) is 0 Å². The Bertz CT molecular complexity index is 2390. The lowest BCUT2D eigenvalue weighted by molar-refractivity contribution is -0.136. The van der Waals surface area contributed by atoms with Crippen LogP contribution >= 0.6 is 0 Å². The fourth-order valence-electron chi connectivity index (χ4n) is 9.32. The molecule has 0 radical (unpaired) electrons. The number of likely N-dealkylation sites (tertiary alicyclic amines) is 2. The first-order valence-corrected chi connectivity index (χ1v) is 21.8. The fraction of sp³-hybridized carbons (Fsp3) is 0.426. The molecule has 6 amide bonds. The number of nitrogens with one attached hydrogen (secondary N) is 3. The maximum Gasteiger partial charge on any atom is 0.317 e. The summed E-state index contributed by atoms with van der Waals surface area (Å²) in [5.41, 5.74) is 7.70. The number of carbonyl (C=O) groups excluding carboxylic acids is 5. The second-order valence-electron chi connectivity index (χ2n) is 17.5. The quantitative estimate of drug-likeness (QED) is 0.160. The van der Waals surface area contributed by atoms with E-state index in [2.05, 4.69) is 61.1 Å². The van der Waals surface area contributed by atoms with E-state index in [1.165, 1.54) is 5.56 Å². The number of aryl methyl sites for hydroxylation is 1. The number of piperidine rings is 2. The number of fused-ring (bicyclic) bond motifs is 1. The maximum absolute atomic E-state index is 13.3. The molecule has 1 unspecified atom stereocenters. The number of amides is 6. The predicted octanol–water partition coefficient (Wildman–Crippen LogP) is 5.23. The van der Waals surface area contributed by atoms with Crippen molar-refractivity contribution in [2.24, 2.45) is 5.92 Å². The van der Waals surface area contributed by atoms with E-state index in [-0.39, 0.29) is 37.0 Å². The van der Waals surface area contributed by atoms with Gasteiger partial charge in [0, 0.05) is 61.7 Å². The molecule has 62 heavy (non-hydrogen) atoms. The van der Waals surface area contributed by atoms with Crippen molar-refractivity contribution in [3.63, 3.8) is 0 Å². The molecule has 4 fully saturated rings. The average Bonchev–Trinajstić information content (AvgIpc) is 3.48. The Hall–Kier alpha value is -6.19. The van der Waals surface area contributed by atoms with Crippen LogP contribution in [0.3, 0.4) is 0 Å². The molecule has 15 nitrogen and oxygen atoms in total. The third-order valence-electron chi connectivity index (χ3n) is 12.8. The highest BCUT2D eigenvalue weighted by Crippen LogP contribution is 2.35. The number of hydrogen-bond acceptors (Lipinski definition) is 11. The molecule has 3 N–H and O–H groups in total. The highest BCUT2D eigenvalue weighted by molar-refractivity contribution is 6.23. The second kappa shape index (κ2) is 17.3. The SMILES string of the molecule is Cc1cc(-c2ccnc(Nc3ccc(C4CCN(CC5CN(c6ccc7c(c6)C(=O)N(C6CCC(=O)NC6=O)C7=O)C5)CC4)cc3)n2)ccc1CNC(=O)N1CC(OC(C)C)C1. The van der Waals surface area contributed by atoms with E-state index >= 15 is 0 Å². The van der Waals surface area contributed by atoms with Crippen molar-refractivity contribution in [2.45, 2.75) is 77.2 Å². The number of urea groups is 1. The first kappa shape index (κ1) is 41.2. The van der Waals surface area contributed by atoms with Gasteiger partial charge in [0.15, 0.2) is 0 Å². The number of rotatable bonds is 12. The Morgan fingerprint density at radius 2 is 1.65 bits per heavy atom. The van der Waals surface area contributed by atoms with Gasteiger partial charge in [-0.3, -0.25) is 29.4 Å². The van der Waals surface area contributed by atoms with Gasteiger partial charge < -0.3 is 30.1 Å². The van der Waals surface area contributed by atoms with Crippen molar-refractivity contribution in [3.05, 3.63) is 101 Å². The summed E-state index contributed by atoms with van der Waals surface area (Å²) >= 11 is 0. The second-order valence-corrected chi connectivity index (χ2v) is 17.5. The lowest BCUT2D eigenvalue weighted by Gasteiger charge is -2.44. The summed E-state index contributed by atoms with van der Waals surface area (Å²) in [6.45, 7) is 12.6. The van der Waals surface area contributed by atoms with Crippen LogP contribution in [0.4, 0.5) is 22.1 Å². The van der Waals surface area contributed by atoms with E-state index in [1.807, 2.05) is 45.0 Å². The van der Waals surface area contributed by atoms with Crippen molar-refractivity contribution in [2.75, 3.05) is 56.0 Å². The molecule has 4 aromatic rings. The van der Waals surface area contributed by atoms with Crippen LogP contribution in [0.15, 0.2) is 72.9 Å². The van der Waals surface area contributed by atoms with Crippen LogP contribution in [0.1, 0.15) is 82.9 Å². The molecule has 4 saturated heterocycles. The number of carbonyl (C=O) groups is 5. The van der Waals surface area contributed by atoms with Gasteiger partial charge in [0.2, 0.25) is 17.8 Å².